The van der Waals surface area contributed by atoms with Crippen molar-refractivity contribution in [2.45, 2.75) is 51.4 Å². The molecule has 2 fully saturated rings. The van der Waals surface area contributed by atoms with E-state index < -0.39 is 0 Å². The summed E-state index contributed by atoms with van der Waals surface area (Å²) in [6.45, 7) is 7.73. The predicted molar refractivity (Wildman–Crippen MR) is 131 cm³/mol. The van der Waals surface area contributed by atoms with Crippen molar-refractivity contribution in [3.63, 3.8) is 0 Å². The van der Waals surface area contributed by atoms with Crippen molar-refractivity contribution in [1.82, 2.24) is 15.1 Å². The van der Waals surface area contributed by atoms with Gasteiger partial charge in [-0.3, -0.25) is 4.79 Å². The third-order valence-corrected chi connectivity index (χ3v) is 6.88. The molecule has 0 saturated carbocycles. The van der Waals surface area contributed by atoms with Crippen LogP contribution in [0.1, 0.15) is 43.5 Å². The number of amides is 2. The zero-order valence-corrected chi connectivity index (χ0v) is 21.3. The van der Waals surface area contributed by atoms with Gasteiger partial charge in [-0.15, -0.1) is 0 Å². The van der Waals surface area contributed by atoms with Crippen LogP contribution in [0.25, 0.3) is 0 Å². The van der Waals surface area contributed by atoms with Gasteiger partial charge in [-0.05, 0) is 45.1 Å². The topological polar surface area (TPSA) is 106 Å². The zero-order chi connectivity index (χ0) is 24.8. The van der Waals surface area contributed by atoms with Crippen LogP contribution >= 0.6 is 11.6 Å². The first-order chi connectivity index (χ1) is 16.2. The van der Waals surface area contributed by atoms with Crippen LogP contribution in [0.3, 0.4) is 0 Å². The van der Waals surface area contributed by atoms with E-state index >= 15 is 0 Å². The Morgan fingerprint density at radius 1 is 1.18 bits per heavy atom. The van der Waals surface area contributed by atoms with E-state index in [-0.39, 0.29) is 30.3 Å². The minimum absolute atomic E-state index is 0.101. The van der Waals surface area contributed by atoms with E-state index in [0.717, 1.165) is 52.0 Å². The lowest BCUT2D eigenvalue weighted by atomic mass is 9.94. The number of hydrogen-bond donors (Lipinski definition) is 2. The van der Waals surface area contributed by atoms with E-state index in [1.807, 2.05) is 13.8 Å². The van der Waals surface area contributed by atoms with Crippen LogP contribution in [0.2, 0.25) is 5.02 Å². The van der Waals surface area contributed by atoms with Gasteiger partial charge in [0.1, 0.15) is 5.75 Å². The molecule has 0 unspecified atom stereocenters. The Bertz CT molecular complexity index is 860. The van der Waals surface area contributed by atoms with Gasteiger partial charge < -0.3 is 35.1 Å². The lowest BCUT2D eigenvalue weighted by Crippen LogP contribution is -2.55. The van der Waals surface area contributed by atoms with Crippen molar-refractivity contribution in [2.75, 3.05) is 52.7 Å². The van der Waals surface area contributed by atoms with Gasteiger partial charge >= 0.3 is 6.09 Å². The van der Waals surface area contributed by atoms with Crippen LogP contribution in [0, 0.1) is 5.92 Å². The number of halogens is 1. The summed E-state index contributed by atoms with van der Waals surface area (Å²) >= 11 is 6.13. The highest BCUT2D eigenvalue weighted by Gasteiger charge is 2.33. The highest BCUT2D eigenvalue weighted by atomic mass is 35.5. The van der Waals surface area contributed by atoms with Gasteiger partial charge in [-0.25, -0.2) is 4.79 Å². The van der Waals surface area contributed by atoms with Crippen LogP contribution in [-0.4, -0.2) is 87.0 Å². The number of anilines is 1. The number of methoxy groups -OCH3 is 2. The molecule has 3 N–H and O–H groups in total. The van der Waals surface area contributed by atoms with Crippen molar-refractivity contribution >= 4 is 29.3 Å². The minimum atomic E-state index is -0.264. The molecule has 0 aliphatic carbocycles. The van der Waals surface area contributed by atoms with E-state index in [1.165, 1.54) is 13.2 Å². The van der Waals surface area contributed by atoms with Crippen molar-refractivity contribution < 1.29 is 23.8 Å². The molecule has 1 aromatic carbocycles. The molecule has 1 aromatic rings. The Morgan fingerprint density at radius 3 is 2.50 bits per heavy atom. The third kappa shape index (κ3) is 6.67. The fourth-order valence-electron chi connectivity index (χ4n) is 4.65. The number of likely N-dealkylation sites (tertiary alicyclic amines) is 2. The lowest BCUT2D eigenvalue weighted by Gasteiger charge is -2.41. The van der Waals surface area contributed by atoms with Crippen molar-refractivity contribution in [3.05, 3.63) is 22.7 Å². The zero-order valence-electron chi connectivity index (χ0n) is 20.5. The molecule has 2 amide bonds. The van der Waals surface area contributed by atoms with E-state index in [2.05, 4.69) is 10.2 Å². The summed E-state index contributed by atoms with van der Waals surface area (Å²) in [4.78, 5) is 29.3. The largest absolute Gasteiger partial charge is 0.496 e. The molecule has 34 heavy (non-hydrogen) atoms. The van der Waals surface area contributed by atoms with Crippen molar-refractivity contribution in [3.8, 4) is 5.75 Å². The predicted octanol–water partition coefficient (Wildman–Crippen LogP) is 3.01. The molecule has 0 spiro atoms. The van der Waals surface area contributed by atoms with Crippen LogP contribution in [0.5, 0.6) is 5.75 Å². The van der Waals surface area contributed by atoms with Gasteiger partial charge in [0.2, 0.25) is 0 Å². The number of nitrogens with one attached hydrogen (secondary N) is 1. The standard InChI is InChI=1S/C24H37ClN4O5/c1-15(2)34-24(31)29-9-5-16(6-10-29)13-28-8-7-20(22(14-28)33-4)27-23(30)17-11-18(25)19(26)12-21(17)32-3/h11-12,15-16,20,22H,5-10,13-14,26H2,1-4H3,(H,27,30)/t20-,22+/m0/s1. The highest BCUT2D eigenvalue weighted by Crippen LogP contribution is 2.29. The molecule has 3 rings (SSSR count). The van der Waals surface area contributed by atoms with Gasteiger partial charge in [0.15, 0.2) is 0 Å². The molecule has 0 radical (unpaired) electrons. The Morgan fingerprint density at radius 2 is 1.88 bits per heavy atom. The van der Waals surface area contributed by atoms with E-state index in [0.29, 0.717) is 27.9 Å². The van der Waals surface area contributed by atoms with Gasteiger partial charge in [-0.2, -0.15) is 0 Å². The van der Waals surface area contributed by atoms with Gasteiger partial charge in [0.05, 0.1) is 41.6 Å². The molecule has 2 atom stereocenters. The monoisotopic (exact) mass is 496 g/mol. The summed E-state index contributed by atoms with van der Waals surface area (Å²) in [6, 6.07) is 2.97. The van der Waals surface area contributed by atoms with Gasteiger partial charge in [0, 0.05) is 45.9 Å². The molecular formula is C24H37ClN4O5. The van der Waals surface area contributed by atoms with Crippen LogP contribution < -0.4 is 15.8 Å². The highest BCUT2D eigenvalue weighted by molar-refractivity contribution is 6.33. The molecule has 0 bridgehead atoms. The summed E-state index contributed by atoms with van der Waals surface area (Å²) in [5.74, 6) is 0.641. The Labute approximate surface area is 206 Å². The molecule has 10 heteroatoms. The number of benzene rings is 1. The number of nitrogens with zero attached hydrogens (tertiary/aromatic N) is 2. The molecule has 9 nitrogen and oxygen atoms in total. The minimum Gasteiger partial charge on any atom is -0.496 e. The Balaban J connectivity index is 1.51. The van der Waals surface area contributed by atoms with E-state index in [9.17, 15) is 9.59 Å². The molecule has 2 aliphatic heterocycles. The van der Waals surface area contributed by atoms with Gasteiger partial charge in [-0.1, -0.05) is 11.6 Å². The molecule has 0 aromatic heterocycles. The summed E-state index contributed by atoms with van der Waals surface area (Å²) in [5, 5.41) is 3.40. The normalized spacial score (nSPS) is 22.0. The summed E-state index contributed by atoms with van der Waals surface area (Å²) in [7, 11) is 3.17. The number of carbonyl (C=O) groups excluding carboxylic acids is 2. The van der Waals surface area contributed by atoms with Crippen LogP contribution in [0.15, 0.2) is 12.1 Å². The third-order valence-electron chi connectivity index (χ3n) is 6.55. The average Bonchev–Trinajstić information content (AvgIpc) is 2.81. The number of piperidine rings is 2. The maximum Gasteiger partial charge on any atom is 0.410 e. The number of rotatable bonds is 7. The summed E-state index contributed by atoms with van der Waals surface area (Å²) in [6.07, 6.45) is 2.24. The SMILES string of the molecule is COc1cc(N)c(Cl)cc1C(=O)N[C@H]1CCN(CC2CCN(C(=O)OC(C)C)CC2)C[C@H]1OC. The fraction of sp³-hybridized carbons (Fsp3) is 0.667. The second kappa shape index (κ2) is 12.0. The quantitative estimate of drug-likeness (QED) is 0.559. The molecule has 190 valence electrons. The maximum atomic E-state index is 13.0. The number of hydrogen-bond acceptors (Lipinski definition) is 7. The lowest BCUT2D eigenvalue weighted by molar-refractivity contribution is -0.00181. The average molecular weight is 497 g/mol. The number of nitrogens with two attached hydrogens (primary N) is 1. The van der Waals surface area contributed by atoms with Crippen molar-refractivity contribution in [1.29, 1.82) is 0 Å². The smallest absolute Gasteiger partial charge is 0.410 e. The number of ether oxygens (including phenoxy) is 3. The summed E-state index contributed by atoms with van der Waals surface area (Å²) < 4.78 is 16.4. The van der Waals surface area contributed by atoms with E-state index in [1.54, 1.807) is 18.1 Å². The van der Waals surface area contributed by atoms with Gasteiger partial charge in [0.25, 0.3) is 5.91 Å². The molecule has 2 saturated heterocycles. The molecule has 2 heterocycles. The second-order valence-electron chi connectivity index (χ2n) is 9.34. The Hall–Kier alpha value is -2.23. The Kier molecular flexibility index (Phi) is 9.27. The maximum absolute atomic E-state index is 13.0. The first-order valence-corrected chi connectivity index (χ1v) is 12.2. The second-order valence-corrected chi connectivity index (χ2v) is 9.75. The number of nitrogen functional groups attached to an aromatic ring is 1. The number of carbonyl (C=O) groups is 2. The fourth-order valence-corrected chi connectivity index (χ4v) is 4.81. The van der Waals surface area contributed by atoms with E-state index in [4.69, 9.17) is 31.5 Å². The van der Waals surface area contributed by atoms with Crippen molar-refractivity contribution in [2.24, 2.45) is 5.92 Å². The molecule has 2 aliphatic rings. The first kappa shape index (κ1) is 26.4. The summed E-state index contributed by atoms with van der Waals surface area (Å²) in [5.41, 5.74) is 6.54. The van der Waals surface area contributed by atoms with Crippen LogP contribution in [-0.2, 0) is 9.47 Å². The molecular weight excluding hydrogens is 460 g/mol. The van der Waals surface area contributed by atoms with Crippen LogP contribution in [0.4, 0.5) is 10.5 Å². The first-order valence-electron chi connectivity index (χ1n) is 11.9.